The molecule has 0 saturated heterocycles. The number of rotatable bonds is 5. The Kier molecular flexibility index (Phi) is 4.86. The molecule has 0 aliphatic carbocycles. The molecule has 0 bridgehead atoms. The van der Waals surface area contributed by atoms with Crippen LogP contribution in [0.5, 0.6) is 11.5 Å². The van der Waals surface area contributed by atoms with Crippen molar-refractivity contribution in [3.8, 4) is 11.5 Å². The molecule has 0 spiro atoms. The zero-order valence-corrected chi connectivity index (χ0v) is 10.3. The highest BCUT2D eigenvalue weighted by Gasteiger charge is 2.11. The van der Waals surface area contributed by atoms with E-state index < -0.39 is 0 Å². The second-order valence-corrected chi connectivity index (χ2v) is 4.08. The Morgan fingerprint density at radius 3 is 2.75 bits per heavy atom. The Bertz CT molecular complexity index is 358. The predicted molar refractivity (Wildman–Crippen MR) is 65.1 cm³/mol. The van der Waals surface area contributed by atoms with Crippen LogP contribution in [0.25, 0.3) is 0 Å². The fourth-order valence-corrected chi connectivity index (χ4v) is 1.73. The summed E-state index contributed by atoms with van der Waals surface area (Å²) in [5, 5.41) is 10.4. The number of halogens is 1. The van der Waals surface area contributed by atoms with Gasteiger partial charge in [0, 0.05) is 36.3 Å². The number of benzene rings is 1. The lowest BCUT2D eigenvalue weighted by atomic mass is 10.1. The maximum absolute atomic E-state index is 9.89. The van der Waals surface area contributed by atoms with Gasteiger partial charge in [0.2, 0.25) is 0 Å². The van der Waals surface area contributed by atoms with Crippen LogP contribution in [0.1, 0.15) is 5.56 Å². The van der Waals surface area contributed by atoms with E-state index in [4.69, 9.17) is 22.1 Å². The molecule has 0 atom stereocenters. The van der Waals surface area contributed by atoms with E-state index in [1.807, 2.05) is 11.9 Å². The minimum Gasteiger partial charge on any atom is -0.504 e. The number of nitrogens with two attached hydrogens (primary N) is 1. The van der Waals surface area contributed by atoms with E-state index >= 15 is 0 Å². The van der Waals surface area contributed by atoms with Crippen molar-refractivity contribution in [1.29, 1.82) is 0 Å². The van der Waals surface area contributed by atoms with E-state index in [1.165, 1.54) is 7.11 Å². The van der Waals surface area contributed by atoms with Gasteiger partial charge in [0.15, 0.2) is 11.5 Å². The average Bonchev–Trinajstić information content (AvgIpc) is 2.23. The Morgan fingerprint density at radius 2 is 2.19 bits per heavy atom. The van der Waals surface area contributed by atoms with Gasteiger partial charge in [-0.2, -0.15) is 0 Å². The predicted octanol–water partition coefficient (Wildman–Crippen LogP) is 1.44. The summed E-state index contributed by atoms with van der Waals surface area (Å²) in [6.07, 6.45) is 0. The maximum atomic E-state index is 9.89. The van der Waals surface area contributed by atoms with Gasteiger partial charge in [0.05, 0.1) is 7.11 Å². The van der Waals surface area contributed by atoms with E-state index in [2.05, 4.69) is 0 Å². The SMILES string of the molecule is COc1cc(Cl)cc(CN(C)CCN)c1O. The lowest BCUT2D eigenvalue weighted by molar-refractivity contribution is 0.322. The molecule has 0 fully saturated rings. The van der Waals surface area contributed by atoms with E-state index in [1.54, 1.807) is 12.1 Å². The number of ether oxygens (including phenoxy) is 1. The molecule has 16 heavy (non-hydrogen) atoms. The molecule has 1 aromatic rings. The molecule has 0 saturated carbocycles. The Morgan fingerprint density at radius 1 is 1.50 bits per heavy atom. The third-order valence-electron chi connectivity index (χ3n) is 2.29. The highest BCUT2D eigenvalue weighted by Crippen LogP contribution is 2.33. The number of hydrogen-bond acceptors (Lipinski definition) is 4. The summed E-state index contributed by atoms with van der Waals surface area (Å²) in [5.41, 5.74) is 6.19. The van der Waals surface area contributed by atoms with Gasteiger partial charge in [-0.05, 0) is 13.1 Å². The molecule has 1 aromatic carbocycles. The second kappa shape index (κ2) is 5.94. The van der Waals surface area contributed by atoms with Gasteiger partial charge in [0.1, 0.15) is 0 Å². The van der Waals surface area contributed by atoms with Gasteiger partial charge in [0.25, 0.3) is 0 Å². The van der Waals surface area contributed by atoms with Crippen molar-refractivity contribution in [2.24, 2.45) is 5.73 Å². The molecule has 0 radical (unpaired) electrons. The molecule has 1 rings (SSSR count). The van der Waals surface area contributed by atoms with Crippen molar-refractivity contribution in [3.63, 3.8) is 0 Å². The summed E-state index contributed by atoms with van der Waals surface area (Å²) in [6.45, 7) is 1.92. The summed E-state index contributed by atoms with van der Waals surface area (Å²) in [7, 11) is 3.43. The minimum absolute atomic E-state index is 0.135. The fraction of sp³-hybridized carbons (Fsp3) is 0.455. The Balaban J connectivity index is 2.90. The third kappa shape index (κ3) is 3.27. The Hall–Kier alpha value is -0.970. The molecule has 0 aliphatic rings. The number of likely N-dealkylation sites (N-methyl/N-ethyl adjacent to an activating group) is 1. The number of phenols is 1. The molecule has 3 N–H and O–H groups in total. The highest BCUT2D eigenvalue weighted by atomic mass is 35.5. The molecule has 5 heteroatoms. The van der Waals surface area contributed by atoms with Crippen LogP contribution in [-0.2, 0) is 6.54 Å². The van der Waals surface area contributed by atoms with E-state index in [0.29, 0.717) is 23.9 Å². The monoisotopic (exact) mass is 244 g/mol. The molecule has 90 valence electrons. The molecular weight excluding hydrogens is 228 g/mol. The molecule has 0 amide bonds. The van der Waals surface area contributed by atoms with Gasteiger partial charge < -0.3 is 20.5 Å². The van der Waals surface area contributed by atoms with Crippen LogP contribution in [0, 0.1) is 0 Å². The number of methoxy groups -OCH3 is 1. The average molecular weight is 245 g/mol. The topological polar surface area (TPSA) is 58.7 Å². The fourth-order valence-electron chi connectivity index (χ4n) is 1.49. The van der Waals surface area contributed by atoms with Crippen LogP contribution in [0.3, 0.4) is 0 Å². The summed E-state index contributed by atoms with van der Waals surface area (Å²) < 4.78 is 5.03. The highest BCUT2D eigenvalue weighted by molar-refractivity contribution is 6.30. The molecule has 0 heterocycles. The van der Waals surface area contributed by atoms with Crippen LogP contribution in [0.2, 0.25) is 5.02 Å². The van der Waals surface area contributed by atoms with Crippen LogP contribution < -0.4 is 10.5 Å². The summed E-state index contributed by atoms with van der Waals surface area (Å²) in [6, 6.07) is 3.32. The summed E-state index contributed by atoms with van der Waals surface area (Å²) in [5.74, 6) is 0.527. The first-order valence-electron chi connectivity index (χ1n) is 5.02. The molecular formula is C11H17ClN2O2. The number of hydrogen-bond donors (Lipinski definition) is 2. The lowest BCUT2D eigenvalue weighted by Gasteiger charge is -2.17. The van der Waals surface area contributed by atoms with Gasteiger partial charge in [-0.15, -0.1) is 0 Å². The molecule has 0 unspecified atom stereocenters. The normalized spacial score (nSPS) is 10.8. The number of nitrogens with zero attached hydrogens (tertiary/aromatic N) is 1. The lowest BCUT2D eigenvalue weighted by Crippen LogP contribution is -2.25. The summed E-state index contributed by atoms with van der Waals surface area (Å²) in [4.78, 5) is 2.00. The van der Waals surface area contributed by atoms with Crippen molar-refractivity contribution in [2.75, 3.05) is 27.2 Å². The van der Waals surface area contributed by atoms with Crippen molar-refractivity contribution in [2.45, 2.75) is 6.54 Å². The van der Waals surface area contributed by atoms with Crippen molar-refractivity contribution >= 4 is 11.6 Å². The van der Waals surface area contributed by atoms with E-state index in [-0.39, 0.29) is 5.75 Å². The zero-order valence-electron chi connectivity index (χ0n) is 9.53. The van der Waals surface area contributed by atoms with Crippen molar-refractivity contribution in [3.05, 3.63) is 22.7 Å². The van der Waals surface area contributed by atoms with Crippen LogP contribution >= 0.6 is 11.6 Å². The van der Waals surface area contributed by atoms with Crippen LogP contribution in [0.15, 0.2) is 12.1 Å². The minimum atomic E-state index is 0.135. The molecule has 4 nitrogen and oxygen atoms in total. The molecule has 0 aliphatic heterocycles. The quantitative estimate of drug-likeness (QED) is 0.823. The Labute approximate surface area is 101 Å². The van der Waals surface area contributed by atoms with Gasteiger partial charge >= 0.3 is 0 Å². The van der Waals surface area contributed by atoms with Crippen LogP contribution in [0.4, 0.5) is 0 Å². The number of aromatic hydroxyl groups is 1. The first-order valence-corrected chi connectivity index (χ1v) is 5.40. The molecule has 0 aromatic heterocycles. The van der Waals surface area contributed by atoms with Crippen molar-refractivity contribution < 1.29 is 9.84 Å². The van der Waals surface area contributed by atoms with E-state index in [9.17, 15) is 5.11 Å². The van der Waals surface area contributed by atoms with Gasteiger partial charge in [-0.1, -0.05) is 11.6 Å². The van der Waals surface area contributed by atoms with E-state index in [0.717, 1.165) is 12.1 Å². The zero-order chi connectivity index (χ0) is 12.1. The largest absolute Gasteiger partial charge is 0.504 e. The standard InChI is InChI=1S/C11H17ClN2O2/c1-14(4-3-13)7-8-5-9(12)6-10(16-2)11(8)15/h5-6,15H,3-4,7,13H2,1-2H3. The first-order chi connectivity index (χ1) is 7.58. The number of phenolic OH excluding ortho intramolecular Hbond substituents is 1. The van der Waals surface area contributed by atoms with Crippen molar-refractivity contribution in [1.82, 2.24) is 4.90 Å². The van der Waals surface area contributed by atoms with Crippen LogP contribution in [-0.4, -0.2) is 37.3 Å². The third-order valence-corrected chi connectivity index (χ3v) is 2.51. The van der Waals surface area contributed by atoms with Gasteiger partial charge in [-0.25, -0.2) is 0 Å². The second-order valence-electron chi connectivity index (χ2n) is 3.64. The van der Waals surface area contributed by atoms with Gasteiger partial charge in [-0.3, -0.25) is 0 Å². The maximum Gasteiger partial charge on any atom is 0.162 e. The summed E-state index contributed by atoms with van der Waals surface area (Å²) >= 11 is 5.93. The first kappa shape index (κ1) is 13.1. The smallest absolute Gasteiger partial charge is 0.162 e.